The predicted molar refractivity (Wildman–Crippen MR) is 106 cm³/mol. The average Bonchev–Trinajstić information content (AvgIpc) is 3.22. The van der Waals surface area contributed by atoms with E-state index in [2.05, 4.69) is 25.4 Å². The summed E-state index contributed by atoms with van der Waals surface area (Å²) in [5.74, 6) is -1.49. The molecule has 0 unspecified atom stereocenters. The normalized spacial score (nSPS) is 12.9. The zero-order chi connectivity index (χ0) is 24.6. The number of nitrogens with two attached hydrogens (primary N) is 1. The first-order chi connectivity index (χ1) is 15.3. The molecule has 0 bridgehead atoms. The summed E-state index contributed by atoms with van der Waals surface area (Å²) in [6.07, 6.45) is -0.676. The highest BCUT2D eigenvalue weighted by Gasteiger charge is 2.33. The van der Waals surface area contributed by atoms with E-state index in [1.807, 2.05) is 0 Å². The highest BCUT2D eigenvalue weighted by Crippen LogP contribution is 2.32. The first kappa shape index (κ1) is 23.8. The Morgan fingerprint density at radius 3 is 2.36 bits per heavy atom. The zero-order valence-corrected chi connectivity index (χ0v) is 17.8. The van der Waals surface area contributed by atoms with Crippen molar-refractivity contribution >= 4 is 21.7 Å². The highest BCUT2D eigenvalue weighted by atomic mass is 32.2. The molecule has 11 nitrogen and oxygen atoms in total. The maximum absolute atomic E-state index is 13.2. The number of amides is 2. The molecule has 0 spiro atoms. The summed E-state index contributed by atoms with van der Waals surface area (Å²) in [5.41, 5.74) is 3.24. The number of halogens is 3. The van der Waals surface area contributed by atoms with Gasteiger partial charge in [0.1, 0.15) is 12.0 Å². The van der Waals surface area contributed by atoms with Gasteiger partial charge in [0.25, 0.3) is 11.8 Å². The number of nitrogens with one attached hydrogen (secondary N) is 1. The van der Waals surface area contributed by atoms with E-state index in [0.717, 1.165) is 24.8 Å². The van der Waals surface area contributed by atoms with Crippen molar-refractivity contribution < 1.29 is 31.2 Å². The highest BCUT2D eigenvalue weighted by molar-refractivity contribution is 7.90. The molecule has 1 atom stereocenters. The topological polar surface area (TPSA) is 163 Å². The smallest absolute Gasteiger partial charge is 0.364 e. The van der Waals surface area contributed by atoms with Crippen molar-refractivity contribution in [2.45, 2.75) is 24.0 Å². The van der Waals surface area contributed by atoms with Gasteiger partial charge >= 0.3 is 6.18 Å². The third kappa shape index (κ3) is 5.31. The fraction of sp³-hybridized carbons (Fsp3) is 0.222. The number of nitrogens with zero attached hydrogens (tertiary/aromatic N) is 5. The van der Waals surface area contributed by atoms with Crippen molar-refractivity contribution in [3.63, 3.8) is 0 Å². The summed E-state index contributed by atoms with van der Waals surface area (Å²) in [4.78, 5) is 35.0. The Labute approximate surface area is 184 Å². The summed E-state index contributed by atoms with van der Waals surface area (Å²) in [7, 11) is -4.02. The molecule has 0 aliphatic carbocycles. The van der Waals surface area contributed by atoms with E-state index in [1.165, 1.54) is 17.8 Å². The van der Waals surface area contributed by atoms with E-state index >= 15 is 0 Å². The molecule has 0 aliphatic heterocycles. The summed E-state index contributed by atoms with van der Waals surface area (Å²) < 4.78 is 64.4. The molecule has 0 fully saturated rings. The number of hydrogen-bond donors (Lipinski definition) is 2. The lowest BCUT2D eigenvalue weighted by Gasteiger charge is -2.16. The minimum absolute atomic E-state index is 0.0898. The van der Waals surface area contributed by atoms with E-state index in [9.17, 15) is 31.2 Å². The number of carbonyl (C=O) groups excluding carboxylic acids is 2. The Kier molecular flexibility index (Phi) is 6.18. The molecule has 0 saturated carbocycles. The lowest BCUT2D eigenvalue weighted by molar-refractivity contribution is -0.137. The van der Waals surface area contributed by atoms with Crippen LogP contribution in [0.25, 0.3) is 5.82 Å². The SMILES string of the molecule is C[C@H](NC(=O)c1cc(C(F)(F)F)cc(S(C)(=O)=O)c1)c1ncnn1-c1cnc(C(N)=O)cn1. The van der Waals surface area contributed by atoms with Crippen LogP contribution in [0.1, 0.15) is 45.2 Å². The van der Waals surface area contributed by atoms with E-state index < -0.39 is 49.9 Å². The quantitative estimate of drug-likeness (QED) is 0.526. The van der Waals surface area contributed by atoms with Crippen LogP contribution in [0.4, 0.5) is 13.2 Å². The Morgan fingerprint density at radius 2 is 1.82 bits per heavy atom. The molecule has 1 aromatic carbocycles. The molecule has 0 aliphatic rings. The number of rotatable bonds is 6. The number of hydrogen-bond acceptors (Lipinski definition) is 8. The van der Waals surface area contributed by atoms with Gasteiger partial charge in [0, 0.05) is 11.8 Å². The van der Waals surface area contributed by atoms with Crippen LogP contribution in [0, 0.1) is 0 Å². The van der Waals surface area contributed by atoms with Crippen LogP contribution in [-0.4, -0.2) is 51.2 Å². The molecule has 15 heteroatoms. The summed E-state index contributed by atoms with van der Waals surface area (Å²) >= 11 is 0. The van der Waals surface area contributed by atoms with Gasteiger partial charge in [-0.25, -0.2) is 23.4 Å². The number of primary amides is 1. The molecule has 33 heavy (non-hydrogen) atoms. The lowest BCUT2D eigenvalue weighted by atomic mass is 10.1. The third-order valence-electron chi connectivity index (χ3n) is 4.34. The van der Waals surface area contributed by atoms with Crippen LogP contribution in [-0.2, 0) is 16.0 Å². The molecule has 2 heterocycles. The van der Waals surface area contributed by atoms with Crippen molar-refractivity contribution in [1.29, 1.82) is 0 Å². The molecule has 0 saturated heterocycles. The number of alkyl halides is 3. The fourth-order valence-electron chi connectivity index (χ4n) is 2.73. The second-order valence-electron chi connectivity index (χ2n) is 6.87. The van der Waals surface area contributed by atoms with Crippen LogP contribution in [0.15, 0.2) is 41.8 Å². The summed E-state index contributed by atoms with van der Waals surface area (Å²) in [6.45, 7) is 1.48. The zero-order valence-electron chi connectivity index (χ0n) is 17.0. The van der Waals surface area contributed by atoms with E-state index in [4.69, 9.17) is 5.73 Å². The van der Waals surface area contributed by atoms with Crippen molar-refractivity contribution in [3.05, 3.63) is 59.6 Å². The standard InChI is InChI=1S/C18H16F3N7O4S/c1-9(16-25-8-26-28(16)14-7-23-13(6-24-14)15(22)29)27-17(30)10-3-11(18(19,20)21)5-12(4-10)33(2,31)32/h3-9H,1-2H3,(H2,22,29)(H,27,30)/t9-/m0/s1. The van der Waals surface area contributed by atoms with Crippen molar-refractivity contribution in [3.8, 4) is 5.82 Å². The Hall–Kier alpha value is -3.88. The Bertz CT molecular complexity index is 1320. The number of carbonyl (C=O) groups is 2. The largest absolute Gasteiger partial charge is 0.416 e. The molecular formula is C18H16F3N7O4S. The minimum atomic E-state index is -4.86. The summed E-state index contributed by atoms with van der Waals surface area (Å²) in [5, 5.41) is 6.41. The first-order valence-electron chi connectivity index (χ1n) is 9.02. The van der Waals surface area contributed by atoms with Gasteiger partial charge in [0.2, 0.25) is 0 Å². The van der Waals surface area contributed by atoms with Crippen LogP contribution in [0.5, 0.6) is 0 Å². The summed E-state index contributed by atoms with van der Waals surface area (Å²) in [6, 6.07) is 0.968. The first-order valence-corrected chi connectivity index (χ1v) is 10.9. The minimum Gasteiger partial charge on any atom is -0.364 e. The van der Waals surface area contributed by atoms with E-state index in [-0.39, 0.29) is 17.3 Å². The fourth-order valence-corrected chi connectivity index (χ4v) is 3.41. The Morgan fingerprint density at radius 1 is 1.12 bits per heavy atom. The molecule has 174 valence electrons. The Balaban J connectivity index is 1.91. The van der Waals surface area contributed by atoms with Crippen molar-refractivity contribution in [2.24, 2.45) is 5.73 Å². The van der Waals surface area contributed by atoms with Gasteiger partial charge in [0.15, 0.2) is 21.5 Å². The van der Waals surface area contributed by atoms with Gasteiger partial charge in [0.05, 0.1) is 28.9 Å². The van der Waals surface area contributed by atoms with Crippen molar-refractivity contribution in [1.82, 2.24) is 30.0 Å². The second-order valence-corrected chi connectivity index (χ2v) is 8.88. The lowest BCUT2D eigenvalue weighted by Crippen LogP contribution is -2.29. The molecule has 3 aromatic rings. The van der Waals surface area contributed by atoms with E-state index in [0.29, 0.717) is 12.1 Å². The number of benzene rings is 1. The van der Waals surface area contributed by atoms with Gasteiger partial charge in [-0.1, -0.05) is 0 Å². The monoisotopic (exact) mass is 483 g/mol. The van der Waals surface area contributed by atoms with Gasteiger partial charge in [-0.15, -0.1) is 0 Å². The van der Waals surface area contributed by atoms with E-state index in [1.54, 1.807) is 0 Å². The predicted octanol–water partition coefficient (Wildman–Crippen LogP) is 1.07. The molecule has 3 N–H and O–H groups in total. The molecule has 2 aromatic heterocycles. The van der Waals surface area contributed by atoms with Crippen molar-refractivity contribution in [2.75, 3.05) is 6.26 Å². The maximum Gasteiger partial charge on any atom is 0.416 e. The maximum atomic E-state index is 13.2. The molecule has 2 amide bonds. The number of aromatic nitrogens is 5. The van der Waals surface area contributed by atoms with Gasteiger partial charge in [-0.2, -0.15) is 23.0 Å². The second kappa shape index (κ2) is 8.57. The number of sulfone groups is 1. The van der Waals surface area contributed by atoms with Crippen LogP contribution in [0.3, 0.4) is 0 Å². The van der Waals surface area contributed by atoms with Crippen LogP contribution >= 0.6 is 0 Å². The third-order valence-corrected chi connectivity index (χ3v) is 5.43. The van der Waals surface area contributed by atoms with Gasteiger partial charge in [-0.05, 0) is 25.1 Å². The average molecular weight is 483 g/mol. The molecule has 3 rings (SSSR count). The van der Waals surface area contributed by atoms with Crippen LogP contribution in [0.2, 0.25) is 0 Å². The molecular weight excluding hydrogens is 467 g/mol. The van der Waals surface area contributed by atoms with Gasteiger partial charge in [-0.3, -0.25) is 9.59 Å². The van der Waals surface area contributed by atoms with Gasteiger partial charge < -0.3 is 11.1 Å². The van der Waals surface area contributed by atoms with Crippen LogP contribution < -0.4 is 11.1 Å². The molecule has 0 radical (unpaired) electrons.